The molecule has 0 fully saturated rings. The first-order valence-electron chi connectivity index (χ1n) is 15.8. The number of nitrogens with zero attached hydrogens (tertiary/aromatic N) is 2. The molecule has 3 heterocycles. The van der Waals surface area contributed by atoms with E-state index in [-0.39, 0.29) is 6.71 Å². The van der Waals surface area contributed by atoms with Crippen molar-refractivity contribution >= 4 is 79.2 Å². The summed E-state index contributed by atoms with van der Waals surface area (Å²) in [7, 11) is 0. The first-order chi connectivity index (χ1) is 22.8. The maximum Gasteiger partial charge on any atom is 0.252 e. The highest BCUT2D eigenvalue weighted by molar-refractivity contribution is 7.00. The van der Waals surface area contributed by atoms with Gasteiger partial charge in [-0.1, -0.05) is 97.1 Å². The van der Waals surface area contributed by atoms with Gasteiger partial charge in [-0.05, 0) is 94.2 Å². The van der Waals surface area contributed by atoms with E-state index >= 15 is 0 Å². The molecule has 0 atom stereocenters. The van der Waals surface area contributed by atoms with Crippen LogP contribution < -0.4 is 26.2 Å². The lowest BCUT2D eigenvalue weighted by atomic mass is 9.33. The van der Waals surface area contributed by atoms with Gasteiger partial charge in [0, 0.05) is 44.9 Å². The van der Waals surface area contributed by atoms with Crippen molar-refractivity contribution in [2.45, 2.75) is 0 Å². The second kappa shape index (κ2) is 9.75. The summed E-state index contributed by atoms with van der Waals surface area (Å²) in [5.74, 6) is 0. The van der Waals surface area contributed by atoms with E-state index in [1.165, 1.54) is 39.1 Å². The molecule has 0 unspecified atom stereocenters. The summed E-state index contributed by atoms with van der Waals surface area (Å²) in [5.41, 5.74) is 15.3. The van der Waals surface area contributed by atoms with Crippen LogP contribution in [0.2, 0.25) is 0 Å². The number of hydrogen-bond donors (Lipinski definition) is 0. The lowest BCUT2D eigenvalue weighted by Crippen LogP contribution is -2.61. The number of fused-ring (bicyclic) bond motifs is 7. The van der Waals surface area contributed by atoms with Crippen molar-refractivity contribution in [3.63, 3.8) is 0 Å². The molecule has 8 aromatic rings. The molecule has 46 heavy (non-hydrogen) atoms. The van der Waals surface area contributed by atoms with Crippen molar-refractivity contribution in [1.29, 1.82) is 0 Å². The average Bonchev–Trinajstić information content (AvgIpc) is 3.50. The van der Waals surface area contributed by atoms with Crippen molar-refractivity contribution in [2.75, 3.05) is 9.80 Å². The maximum absolute atomic E-state index is 6.26. The summed E-state index contributed by atoms with van der Waals surface area (Å²) in [6, 6.07) is 59.0. The molecule has 3 nitrogen and oxygen atoms in total. The normalized spacial score (nSPS) is 13.1. The quantitative estimate of drug-likeness (QED) is 0.192. The zero-order valence-electron chi connectivity index (χ0n) is 25.0. The van der Waals surface area contributed by atoms with E-state index in [9.17, 15) is 0 Å². The Labute approximate surface area is 267 Å². The highest BCUT2D eigenvalue weighted by Gasteiger charge is 2.42. The summed E-state index contributed by atoms with van der Waals surface area (Å²) in [5, 5.41) is 2.29. The summed E-state index contributed by atoms with van der Waals surface area (Å²) in [6.07, 6.45) is 0. The predicted molar refractivity (Wildman–Crippen MR) is 193 cm³/mol. The lowest BCUT2D eigenvalue weighted by Gasteiger charge is -2.44. The Morgan fingerprint density at radius 1 is 0.391 bits per heavy atom. The van der Waals surface area contributed by atoms with Crippen molar-refractivity contribution in [3.8, 4) is 11.1 Å². The van der Waals surface area contributed by atoms with Gasteiger partial charge in [-0.2, -0.15) is 0 Å². The van der Waals surface area contributed by atoms with E-state index in [1.54, 1.807) is 0 Å². The maximum atomic E-state index is 6.26. The highest BCUT2D eigenvalue weighted by atomic mass is 16.3. The van der Waals surface area contributed by atoms with Crippen molar-refractivity contribution in [2.24, 2.45) is 0 Å². The monoisotopic (exact) mass is 586 g/mol. The highest BCUT2D eigenvalue weighted by Crippen LogP contribution is 2.44. The smallest absolute Gasteiger partial charge is 0.252 e. The summed E-state index contributed by atoms with van der Waals surface area (Å²) < 4.78 is 6.26. The predicted octanol–water partition coefficient (Wildman–Crippen LogP) is 9.34. The van der Waals surface area contributed by atoms with Crippen LogP contribution in [0.1, 0.15) is 0 Å². The zero-order chi connectivity index (χ0) is 30.2. The molecule has 2 aliphatic heterocycles. The van der Waals surface area contributed by atoms with Crippen LogP contribution in [0.15, 0.2) is 168 Å². The average molecular weight is 587 g/mol. The van der Waals surface area contributed by atoms with E-state index in [0.29, 0.717) is 0 Å². The van der Waals surface area contributed by atoms with Crippen LogP contribution in [-0.2, 0) is 0 Å². The number of benzene rings is 7. The molecule has 0 radical (unpaired) electrons. The minimum atomic E-state index is 0.133. The Kier molecular flexibility index (Phi) is 5.37. The van der Waals surface area contributed by atoms with Crippen LogP contribution >= 0.6 is 0 Å². The molecule has 4 heteroatoms. The van der Waals surface area contributed by atoms with E-state index < -0.39 is 0 Å². The van der Waals surface area contributed by atoms with E-state index in [1.807, 2.05) is 12.1 Å². The molecule has 0 spiro atoms. The molecule has 10 rings (SSSR count). The van der Waals surface area contributed by atoms with Crippen LogP contribution in [0.5, 0.6) is 0 Å². The molecule has 0 saturated carbocycles. The fraction of sp³-hybridized carbons (Fsp3) is 0. The van der Waals surface area contributed by atoms with E-state index in [2.05, 4.69) is 161 Å². The van der Waals surface area contributed by atoms with Gasteiger partial charge in [-0.3, -0.25) is 0 Å². The minimum Gasteiger partial charge on any atom is -0.456 e. The van der Waals surface area contributed by atoms with Crippen molar-refractivity contribution in [3.05, 3.63) is 164 Å². The molecule has 2 aliphatic rings. The summed E-state index contributed by atoms with van der Waals surface area (Å²) in [6.45, 7) is 0.133. The SMILES string of the molecule is c1ccc(N2c3ccccc3B3c4ccccc4N(c4cccc(-c5ccc6c(c5)oc5ccccc56)c4)c4cccc2c43)cc1. The zero-order valence-corrected chi connectivity index (χ0v) is 25.0. The largest absolute Gasteiger partial charge is 0.456 e. The molecule has 0 aliphatic carbocycles. The Morgan fingerprint density at radius 2 is 0.957 bits per heavy atom. The van der Waals surface area contributed by atoms with Gasteiger partial charge in [-0.25, -0.2) is 0 Å². The Balaban J connectivity index is 1.17. The van der Waals surface area contributed by atoms with Gasteiger partial charge in [0.15, 0.2) is 0 Å². The molecule has 0 amide bonds. The van der Waals surface area contributed by atoms with Gasteiger partial charge >= 0.3 is 0 Å². The van der Waals surface area contributed by atoms with Gasteiger partial charge in [0.25, 0.3) is 6.71 Å². The third-order valence-corrected chi connectivity index (χ3v) is 9.64. The third kappa shape index (κ3) is 3.61. The van der Waals surface area contributed by atoms with Crippen molar-refractivity contribution in [1.82, 2.24) is 0 Å². The van der Waals surface area contributed by atoms with Gasteiger partial charge in [0.1, 0.15) is 11.2 Å². The Morgan fingerprint density at radius 3 is 1.74 bits per heavy atom. The van der Waals surface area contributed by atoms with E-state index in [0.717, 1.165) is 44.4 Å². The van der Waals surface area contributed by atoms with Crippen LogP contribution in [0.3, 0.4) is 0 Å². The fourth-order valence-electron chi connectivity index (χ4n) is 7.70. The third-order valence-electron chi connectivity index (χ3n) is 9.64. The summed E-state index contributed by atoms with van der Waals surface area (Å²) >= 11 is 0. The second-order valence-electron chi connectivity index (χ2n) is 12.1. The summed E-state index contributed by atoms with van der Waals surface area (Å²) in [4.78, 5) is 4.88. The van der Waals surface area contributed by atoms with Crippen molar-refractivity contribution < 1.29 is 4.42 Å². The van der Waals surface area contributed by atoms with Gasteiger partial charge < -0.3 is 14.2 Å². The second-order valence-corrected chi connectivity index (χ2v) is 12.1. The standard InChI is InChI=1S/C42H27BN2O/c1-2-13-30(14-3-1)44-36-19-7-5-17-34(36)43-35-18-6-8-20-37(35)45(39-22-11-21-38(44)42(39)43)31-15-10-12-28(26-31)29-24-25-33-32-16-4-9-23-40(32)46-41(33)27-29/h1-27H. The molecule has 7 aromatic carbocycles. The number of hydrogen-bond acceptors (Lipinski definition) is 3. The van der Waals surface area contributed by atoms with Crippen LogP contribution in [0.25, 0.3) is 33.1 Å². The number of furan rings is 1. The van der Waals surface area contributed by atoms with Gasteiger partial charge in [0.2, 0.25) is 0 Å². The molecule has 0 saturated heterocycles. The van der Waals surface area contributed by atoms with Crippen LogP contribution in [-0.4, -0.2) is 6.71 Å². The number of rotatable bonds is 3. The lowest BCUT2D eigenvalue weighted by molar-refractivity contribution is 0.669. The molecule has 1 aromatic heterocycles. The first kappa shape index (κ1) is 25.3. The minimum absolute atomic E-state index is 0.133. The van der Waals surface area contributed by atoms with Crippen LogP contribution in [0.4, 0.5) is 34.1 Å². The number of anilines is 6. The Hall–Kier alpha value is -6.00. The molecule has 214 valence electrons. The van der Waals surface area contributed by atoms with E-state index in [4.69, 9.17) is 4.42 Å². The molecule has 0 N–H and O–H groups in total. The first-order valence-corrected chi connectivity index (χ1v) is 15.8. The van der Waals surface area contributed by atoms with Crippen LogP contribution in [0, 0.1) is 0 Å². The topological polar surface area (TPSA) is 19.6 Å². The van der Waals surface area contributed by atoms with Gasteiger partial charge in [0.05, 0.1) is 0 Å². The molecular weight excluding hydrogens is 559 g/mol. The fourth-order valence-corrected chi connectivity index (χ4v) is 7.70. The molecular formula is C42H27BN2O. The molecule has 0 bridgehead atoms. The number of para-hydroxylation sites is 4. The van der Waals surface area contributed by atoms with Gasteiger partial charge in [-0.15, -0.1) is 0 Å². The Bertz CT molecular complexity index is 2470.